The summed E-state index contributed by atoms with van der Waals surface area (Å²) in [6.45, 7) is 11.6. The molecule has 41 nitrogen and oxygen atoms in total. The van der Waals surface area contributed by atoms with Gasteiger partial charge < -0.3 is 136 Å². The SMILES string of the molecule is CC(=O)N[C@H]1[C@H](OCCCCCC(=O)NCCCNC(=O)CCC(CCC(=O)NCCCNC(=O)CCCCCO[C@@H]2O[C@H](CO)C[C@H](O)[C@H]2NC(C)=O)(CCC(=O)NCCCNC(=O)CCCCCO[C@@H]2O[C@H](CO)C[C@H](O)[C@H]2NC(C)=O)NC(=O)CCC(=O)O[C@@H]2[C@](N=O)(C(C)C)C[C@@H]3O[C@@]34[C@@]3(C)CCC5=C(COC5=O)C3CO[C@]24C)O[C@H](CO)[C@H](O)[C@@H]1O. The minimum absolute atomic E-state index is 0.0874. The molecule has 5 saturated heterocycles. The molecule has 0 aromatic carbocycles. The predicted octanol–water partition coefficient (Wildman–Crippen LogP) is -0.877. The fourth-order valence-electron chi connectivity index (χ4n) is 18.7. The summed E-state index contributed by atoms with van der Waals surface area (Å²) in [6.07, 6.45) is -7.19. The molecular weight excluding hydrogens is 1650 g/mol. The highest BCUT2D eigenvalue weighted by molar-refractivity contribution is 5.92. The van der Waals surface area contributed by atoms with Gasteiger partial charge in [0.15, 0.2) is 25.0 Å². The first-order chi connectivity index (χ1) is 60.1. The molecule has 1 unspecified atom stereocenters. The van der Waals surface area contributed by atoms with Crippen molar-refractivity contribution in [1.82, 2.24) is 53.2 Å². The second-order valence-electron chi connectivity index (χ2n) is 35.3. The Morgan fingerprint density at radius 1 is 0.524 bits per heavy atom. The molecule has 6 heterocycles. The number of fused-ring (bicyclic) bond motifs is 2. The zero-order valence-electron chi connectivity index (χ0n) is 74.0. The van der Waals surface area contributed by atoms with Gasteiger partial charge in [-0.1, -0.05) is 45.2 Å². The van der Waals surface area contributed by atoms with Gasteiger partial charge in [-0.05, 0) is 108 Å². The number of ether oxygens (including phenoxy) is 10. The lowest BCUT2D eigenvalue weighted by Crippen LogP contribution is -2.76. The lowest BCUT2D eigenvalue weighted by atomic mass is 9.48. The van der Waals surface area contributed by atoms with Crippen LogP contribution in [0.1, 0.15) is 228 Å². The highest BCUT2D eigenvalue weighted by Crippen LogP contribution is 2.74. The molecule has 6 fully saturated rings. The molecule has 41 heteroatoms. The highest BCUT2D eigenvalue weighted by Gasteiger charge is 2.87. The average molecular weight is 1800 g/mol. The molecule has 0 radical (unpaired) electrons. The van der Waals surface area contributed by atoms with Gasteiger partial charge in [-0.3, -0.25) is 52.7 Å². The number of epoxide rings is 1. The first-order valence-corrected chi connectivity index (χ1v) is 45.0. The Balaban J connectivity index is 0.882. The molecule has 2 aliphatic carbocycles. The smallest absolute Gasteiger partial charge is 0.334 e. The van der Waals surface area contributed by atoms with Crippen molar-refractivity contribution in [3.8, 4) is 0 Å². The molecule has 8 rings (SSSR count). The van der Waals surface area contributed by atoms with Crippen molar-refractivity contribution in [2.45, 2.75) is 342 Å². The molecule has 6 aliphatic heterocycles. The third-order valence-electron chi connectivity index (χ3n) is 25.7. The summed E-state index contributed by atoms with van der Waals surface area (Å²) in [6, 6.07) is -2.76. The number of nitrogens with zero attached hydrogens (tertiary/aromatic N) is 1. The van der Waals surface area contributed by atoms with Crippen LogP contribution in [0.3, 0.4) is 0 Å². The minimum atomic E-state index is -1.56. The number of carbonyl (C=O) groups excluding carboxylic acids is 12. The van der Waals surface area contributed by atoms with Gasteiger partial charge in [0.1, 0.15) is 59.8 Å². The van der Waals surface area contributed by atoms with E-state index in [0.717, 1.165) is 5.57 Å². The lowest BCUT2D eigenvalue weighted by molar-refractivity contribution is -0.270. The maximum atomic E-state index is 14.8. The van der Waals surface area contributed by atoms with Crippen molar-refractivity contribution in [3.05, 3.63) is 16.1 Å². The van der Waals surface area contributed by atoms with Crippen LogP contribution >= 0.6 is 0 Å². The van der Waals surface area contributed by atoms with Crippen molar-refractivity contribution in [1.29, 1.82) is 0 Å². The first kappa shape index (κ1) is 104. The average Bonchev–Trinajstić information content (AvgIpc) is 1.46. The van der Waals surface area contributed by atoms with E-state index in [2.05, 4.69) is 65.3 Å². The third kappa shape index (κ3) is 28.4. The van der Waals surface area contributed by atoms with Gasteiger partial charge in [0.25, 0.3) is 0 Å². The zero-order valence-corrected chi connectivity index (χ0v) is 74.0. The maximum Gasteiger partial charge on any atom is 0.334 e. The molecule has 20 atom stereocenters. The number of amides is 10. The van der Waals surface area contributed by atoms with E-state index in [1.807, 2.05) is 0 Å². The van der Waals surface area contributed by atoms with Crippen LogP contribution in [0.2, 0.25) is 0 Å². The van der Waals surface area contributed by atoms with Gasteiger partial charge in [0.2, 0.25) is 59.1 Å². The molecule has 8 aliphatic rings. The number of carbonyl (C=O) groups is 12. The standard InChI is InChI=1S/C85H139N11O30/c1-50(2)84(96-116)44-62-85(126-62)81(6)29-25-56-57(48-120-76(56)115)58(81)49-121-82(85,7)80(84)125-70(112)24-23-69(111)95-83(30-26-66(108)89-36-17-33-86-63(105)20-11-8-14-39-117-77-71(92-51(3)100)59(103)42-54(45-97)122-77,31-27-67(109)90-37-18-34-87-64(106)21-12-9-15-40-118-78-72(93-52(4)101)60(104)43-55(46-98)123-78)32-28-68(110)91-38-19-35-88-65(107)22-13-10-16-41-119-79-73(94-53(5)102)75(114)74(113)61(47-99)124-79/h50,54-55,58-62,71-75,77-80,97-99,103-104,113-114H,8-49H2,1-7H3,(H,86,105)(H,87,106)(H,88,107)(H,89,108)(H,90,109)(H,91,110)(H,92,100)(H,93,101)(H,94,102)(H,95,111)/t54-,55-,58?,59-,60-,61+,62-,71+,72+,73+,74-,75+,77+,78+,79+,80-,81-,82+,84+,85+/m0/s1. The molecule has 17 N–H and O–H groups in total. The van der Waals surface area contributed by atoms with E-state index in [1.165, 1.54) is 20.8 Å². The van der Waals surface area contributed by atoms with E-state index in [9.17, 15) is 98.2 Å². The van der Waals surface area contributed by atoms with Crippen LogP contribution in [0.25, 0.3) is 0 Å². The van der Waals surface area contributed by atoms with E-state index < -0.39 is 180 Å². The number of aliphatic hydroxyl groups is 7. The van der Waals surface area contributed by atoms with E-state index in [4.69, 9.17) is 47.4 Å². The van der Waals surface area contributed by atoms with Crippen LogP contribution in [0.15, 0.2) is 16.3 Å². The molecule has 126 heavy (non-hydrogen) atoms. The largest absolute Gasteiger partial charge is 0.458 e. The van der Waals surface area contributed by atoms with Crippen LogP contribution in [0, 0.1) is 22.2 Å². The molecule has 0 bridgehead atoms. The van der Waals surface area contributed by atoms with Crippen LogP contribution in [-0.2, 0) is 105 Å². The zero-order chi connectivity index (χ0) is 91.9. The summed E-state index contributed by atoms with van der Waals surface area (Å²) >= 11 is 0. The normalized spacial score (nSPS) is 30.2. The fraction of sp³-hybridized carbons (Fsp3) is 0.835. The van der Waals surface area contributed by atoms with Gasteiger partial charge in [-0.15, -0.1) is 0 Å². The minimum Gasteiger partial charge on any atom is -0.458 e. The number of cyclic esters (lactones) is 1. The van der Waals surface area contributed by atoms with Crippen LogP contribution in [-0.4, -0.2) is 313 Å². The summed E-state index contributed by atoms with van der Waals surface area (Å²) < 4.78 is 60.1. The van der Waals surface area contributed by atoms with Crippen molar-refractivity contribution in [2.75, 3.05) is 92.1 Å². The number of unbranched alkanes of at least 4 members (excludes halogenated alkanes) is 6. The Labute approximate surface area is 734 Å². The third-order valence-corrected chi connectivity index (χ3v) is 25.7. The van der Waals surface area contributed by atoms with Crippen molar-refractivity contribution in [3.63, 3.8) is 0 Å². The molecule has 10 amide bonds. The Kier molecular flexibility index (Phi) is 41.1. The number of hydrogen-bond acceptors (Lipinski definition) is 31. The predicted molar refractivity (Wildman–Crippen MR) is 445 cm³/mol. The van der Waals surface area contributed by atoms with Crippen LogP contribution < -0.4 is 53.2 Å². The Morgan fingerprint density at radius 2 is 0.952 bits per heavy atom. The van der Waals surface area contributed by atoms with Crippen molar-refractivity contribution >= 4 is 71.0 Å². The van der Waals surface area contributed by atoms with Crippen LogP contribution in [0.4, 0.5) is 0 Å². The second-order valence-corrected chi connectivity index (χ2v) is 35.3. The topological polar surface area (TPSA) is 592 Å². The van der Waals surface area contributed by atoms with Gasteiger partial charge in [0, 0.05) is 167 Å². The molecular formula is C85H139N11O30. The lowest BCUT2D eigenvalue weighted by Gasteiger charge is -2.62. The molecule has 1 spiro atoms. The quantitative estimate of drug-likeness (QED) is 0.0152. The monoisotopic (exact) mass is 1790 g/mol. The van der Waals surface area contributed by atoms with Gasteiger partial charge in [0.05, 0.1) is 63.4 Å². The second kappa shape index (κ2) is 50.0. The van der Waals surface area contributed by atoms with Crippen molar-refractivity contribution in [2.24, 2.45) is 22.4 Å². The number of aliphatic hydroxyl groups excluding tert-OH is 7. The number of hydrogen-bond donors (Lipinski definition) is 17. The van der Waals surface area contributed by atoms with Gasteiger partial charge in [-0.25, -0.2) is 4.79 Å². The molecule has 714 valence electrons. The Morgan fingerprint density at radius 3 is 1.37 bits per heavy atom. The maximum absolute atomic E-state index is 14.8. The summed E-state index contributed by atoms with van der Waals surface area (Å²) in [5.74, 6) is -6.17. The number of nitroso groups, excluding NO2 is 1. The van der Waals surface area contributed by atoms with E-state index in [1.54, 1.807) is 20.8 Å². The number of rotatable bonds is 55. The fourth-order valence-corrected chi connectivity index (χ4v) is 18.7. The van der Waals surface area contributed by atoms with E-state index in [-0.39, 0.29) is 204 Å². The summed E-state index contributed by atoms with van der Waals surface area (Å²) in [5.41, 5.74) is -4.80. The Hall–Kier alpha value is -7.62. The van der Waals surface area contributed by atoms with E-state index in [0.29, 0.717) is 95.5 Å². The van der Waals surface area contributed by atoms with Gasteiger partial charge >= 0.3 is 11.9 Å². The van der Waals surface area contributed by atoms with Gasteiger partial charge in [-0.2, -0.15) is 4.91 Å². The van der Waals surface area contributed by atoms with Crippen molar-refractivity contribution < 1.29 is 141 Å². The summed E-state index contributed by atoms with van der Waals surface area (Å²) in [4.78, 5) is 172. The summed E-state index contributed by atoms with van der Waals surface area (Å²) in [7, 11) is 0. The molecule has 0 aromatic rings. The molecule has 0 aromatic heterocycles. The highest BCUT2D eigenvalue weighted by atomic mass is 16.7. The van der Waals surface area contributed by atoms with E-state index >= 15 is 0 Å². The number of nitrogens with one attached hydrogen (secondary N) is 10. The summed E-state index contributed by atoms with van der Waals surface area (Å²) in [5, 5.41) is 103. The Bertz CT molecular complexity index is 3570. The van der Waals surface area contributed by atoms with Crippen LogP contribution in [0.5, 0.6) is 0 Å². The number of esters is 2. The molecule has 1 saturated carbocycles. The first-order valence-electron chi connectivity index (χ1n) is 45.0.